The Morgan fingerprint density at radius 2 is 1.95 bits per heavy atom. The van der Waals surface area contributed by atoms with Crippen LogP contribution >= 0.6 is 15.9 Å². The van der Waals surface area contributed by atoms with Gasteiger partial charge in [-0.3, -0.25) is 4.79 Å². The van der Waals surface area contributed by atoms with Gasteiger partial charge in [0.2, 0.25) is 0 Å². The van der Waals surface area contributed by atoms with Crippen LogP contribution in [0.25, 0.3) is 0 Å². The van der Waals surface area contributed by atoms with Crippen molar-refractivity contribution < 1.29 is 15.0 Å². The van der Waals surface area contributed by atoms with E-state index >= 15 is 0 Å². The number of alkyl halides is 1. The highest BCUT2D eigenvalue weighted by molar-refractivity contribution is 9.09. The fourth-order valence-corrected chi connectivity index (χ4v) is 3.50. The van der Waals surface area contributed by atoms with Crippen molar-refractivity contribution >= 4 is 21.8 Å². The molecule has 3 N–H and O–H groups in total. The molecule has 0 radical (unpaired) electrons. The Labute approximate surface area is 127 Å². The van der Waals surface area contributed by atoms with Crippen molar-refractivity contribution in [2.75, 3.05) is 11.9 Å². The molecule has 0 spiro atoms. The minimum Gasteiger partial charge on any atom is -0.504 e. The number of hydrogen-bond donors (Lipinski definition) is 3. The first-order valence-corrected chi connectivity index (χ1v) is 8.05. The average molecular weight is 342 g/mol. The number of phenols is 2. The van der Waals surface area contributed by atoms with Gasteiger partial charge in [-0.2, -0.15) is 0 Å². The Balaban J connectivity index is 2.02. The van der Waals surface area contributed by atoms with E-state index in [0.717, 1.165) is 18.2 Å². The van der Waals surface area contributed by atoms with E-state index in [-0.39, 0.29) is 28.4 Å². The second-order valence-electron chi connectivity index (χ2n) is 5.55. The number of hydrogen-bond acceptors (Lipinski definition) is 3. The molecule has 4 nitrogen and oxygen atoms in total. The number of aromatic hydroxyl groups is 2. The molecule has 1 amide bonds. The third-order valence-corrected chi connectivity index (χ3v) is 5.27. The van der Waals surface area contributed by atoms with E-state index in [9.17, 15) is 15.0 Å². The molecule has 0 bridgehead atoms. The molecule has 1 aromatic carbocycles. The molecule has 20 heavy (non-hydrogen) atoms. The SMILES string of the molecule is O=C(NCC1(CBr)CCCCC1)c1cccc(O)c1O. The summed E-state index contributed by atoms with van der Waals surface area (Å²) < 4.78 is 0. The van der Waals surface area contributed by atoms with Gasteiger partial charge in [-0.05, 0) is 30.4 Å². The topological polar surface area (TPSA) is 69.6 Å². The zero-order valence-electron chi connectivity index (χ0n) is 11.4. The highest BCUT2D eigenvalue weighted by atomic mass is 79.9. The normalized spacial score (nSPS) is 17.6. The predicted octanol–water partition coefficient (Wildman–Crippen LogP) is 3.17. The van der Waals surface area contributed by atoms with Crippen molar-refractivity contribution in [1.29, 1.82) is 0 Å². The number of rotatable bonds is 4. The summed E-state index contributed by atoms with van der Waals surface area (Å²) in [4.78, 5) is 12.1. The molecule has 0 saturated heterocycles. The van der Waals surface area contributed by atoms with Gasteiger partial charge in [0.05, 0.1) is 5.56 Å². The van der Waals surface area contributed by atoms with Crippen molar-refractivity contribution in [2.45, 2.75) is 32.1 Å². The van der Waals surface area contributed by atoms with Gasteiger partial charge in [-0.1, -0.05) is 41.3 Å². The van der Waals surface area contributed by atoms with Crippen LogP contribution in [0.1, 0.15) is 42.5 Å². The van der Waals surface area contributed by atoms with Gasteiger partial charge in [0, 0.05) is 11.9 Å². The monoisotopic (exact) mass is 341 g/mol. The molecule has 0 heterocycles. The standard InChI is InChI=1S/C15H20BrNO3/c16-9-15(7-2-1-3-8-15)10-17-14(20)11-5-4-6-12(18)13(11)19/h4-6,18-19H,1-3,7-10H2,(H,17,20). The first-order chi connectivity index (χ1) is 9.58. The van der Waals surface area contributed by atoms with Crippen molar-refractivity contribution in [3.05, 3.63) is 23.8 Å². The fourth-order valence-electron chi connectivity index (χ4n) is 2.74. The number of nitrogens with one attached hydrogen (secondary N) is 1. The highest BCUT2D eigenvalue weighted by Gasteiger charge is 2.31. The number of carbonyl (C=O) groups excluding carboxylic acids is 1. The van der Waals surface area contributed by atoms with E-state index in [4.69, 9.17) is 0 Å². The van der Waals surface area contributed by atoms with E-state index < -0.39 is 0 Å². The van der Waals surface area contributed by atoms with Gasteiger partial charge < -0.3 is 15.5 Å². The maximum absolute atomic E-state index is 12.1. The molecule has 0 aromatic heterocycles. The second-order valence-corrected chi connectivity index (χ2v) is 6.11. The molecule has 5 heteroatoms. The van der Waals surface area contributed by atoms with E-state index in [1.54, 1.807) is 6.07 Å². The van der Waals surface area contributed by atoms with Crippen molar-refractivity contribution in [3.63, 3.8) is 0 Å². The van der Waals surface area contributed by atoms with E-state index in [1.165, 1.54) is 31.4 Å². The van der Waals surface area contributed by atoms with E-state index in [1.807, 2.05) is 0 Å². The van der Waals surface area contributed by atoms with E-state index in [2.05, 4.69) is 21.2 Å². The molecule has 1 saturated carbocycles. The van der Waals surface area contributed by atoms with Crippen LogP contribution in [0.2, 0.25) is 0 Å². The smallest absolute Gasteiger partial charge is 0.255 e. The molecule has 1 aliphatic carbocycles. The van der Waals surface area contributed by atoms with Crippen LogP contribution in [0.15, 0.2) is 18.2 Å². The Bertz CT molecular complexity index is 484. The summed E-state index contributed by atoms with van der Waals surface area (Å²) in [6, 6.07) is 4.41. The lowest BCUT2D eigenvalue weighted by Gasteiger charge is -2.35. The third kappa shape index (κ3) is 3.26. The van der Waals surface area contributed by atoms with Crippen LogP contribution < -0.4 is 5.32 Å². The maximum atomic E-state index is 12.1. The lowest BCUT2D eigenvalue weighted by atomic mass is 9.75. The molecule has 1 fully saturated rings. The van der Waals surface area contributed by atoms with E-state index in [0.29, 0.717) is 6.54 Å². The maximum Gasteiger partial charge on any atom is 0.255 e. The highest BCUT2D eigenvalue weighted by Crippen LogP contribution is 2.37. The molecule has 110 valence electrons. The Morgan fingerprint density at radius 3 is 2.60 bits per heavy atom. The van der Waals surface area contributed by atoms with Crippen LogP contribution in [-0.2, 0) is 0 Å². The summed E-state index contributed by atoms with van der Waals surface area (Å²) in [6.07, 6.45) is 5.85. The largest absolute Gasteiger partial charge is 0.504 e. The zero-order valence-corrected chi connectivity index (χ0v) is 12.9. The quantitative estimate of drug-likeness (QED) is 0.581. The predicted molar refractivity (Wildman–Crippen MR) is 81.4 cm³/mol. The summed E-state index contributed by atoms with van der Waals surface area (Å²) in [5, 5.41) is 22.9. The number of halogens is 1. The Kier molecular flexibility index (Phi) is 4.91. The first-order valence-electron chi connectivity index (χ1n) is 6.93. The fraction of sp³-hybridized carbons (Fsp3) is 0.533. The number of para-hydroxylation sites is 1. The molecular weight excluding hydrogens is 322 g/mol. The summed E-state index contributed by atoms with van der Waals surface area (Å²) in [6.45, 7) is 0.589. The van der Waals surface area contributed by atoms with Crippen LogP contribution in [0, 0.1) is 5.41 Å². The lowest BCUT2D eigenvalue weighted by molar-refractivity contribution is 0.0918. The van der Waals surface area contributed by atoms with Gasteiger partial charge >= 0.3 is 0 Å². The van der Waals surface area contributed by atoms with Gasteiger partial charge in [0.15, 0.2) is 11.5 Å². The van der Waals surface area contributed by atoms with Crippen molar-refractivity contribution in [2.24, 2.45) is 5.41 Å². The Morgan fingerprint density at radius 1 is 1.25 bits per heavy atom. The third-order valence-electron chi connectivity index (χ3n) is 4.08. The summed E-state index contributed by atoms with van der Waals surface area (Å²) in [5.41, 5.74) is 0.228. The molecule has 0 aliphatic heterocycles. The average Bonchev–Trinajstić information content (AvgIpc) is 2.48. The van der Waals surface area contributed by atoms with Crippen LogP contribution in [0.3, 0.4) is 0 Å². The molecule has 1 aliphatic rings. The van der Waals surface area contributed by atoms with Crippen molar-refractivity contribution in [1.82, 2.24) is 5.32 Å². The summed E-state index contributed by atoms with van der Waals surface area (Å²) in [7, 11) is 0. The molecule has 1 aromatic rings. The van der Waals surface area contributed by atoms with Gasteiger partial charge in [-0.15, -0.1) is 0 Å². The first kappa shape index (κ1) is 15.2. The minimum absolute atomic E-state index is 0.111. The summed E-state index contributed by atoms with van der Waals surface area (Å²) >= 11 is 3.56. The molecule has 2 rings (SSSR count). The Hall–Kier alpha value is -1.23. The number of carbonyl (C=O) groups is 1. The molecule has 0 unspecified atom stereocenters. The number of amides is 1. The molecule has 0 atom stereocenters. The van der Waals surface area contributed by atoms with Crippen LogP contribution in [0.4, 0.5) is 0 Å². The van der Waals surface area contributed by atoms with Gasteiger partial charge in [-0.25, -0.2) is 0 Å². The number of benzene rings is 1. The van der Waals surface area contributed by atoms with Gasteiger partial charge in [0.1, 0.15) is 0 Å². The lowest BCUT2D eigenvalue weighted by Crippen LogP contribution is -2.40. The zero-order chi connectivity index (χ0) is 14.6. The summed E-state index contributed by atoms with van der Waals surface area (Å²) in [5.74, 6) is -0.976. The van der Waals surface area contributed by atoms with Crippen LogP contribution in [0.5, 0.6) is 11.5 Å². The van der Waals surface area contributed by atoms with Crippen molar-refractivity contribution in [3.8, 4) is 11.5 Å². The van der Waals surface area contributed by atoms with Gasteiger partial charge in [0.25, 0.3) is 5.91 Å². The number of phenolic OH excluding ortho intramolecular Hbond substituents is 2. The minimum atomic E-state index is -0.360. The molecular formula is C15H20BrNO3. The van der Waals surface area contributed by atoms with Crippen LogP contribution in [-0.4, -0.2) is 28.0 Å². The second kappa shape index (κ2) is 6.48.